The molecule has 0 aromatic carbocycles. The first-order valence-corrected chi connectivity index (χ1v) is 6.04. The van der Waals surface area contributed by atoms with Crippen molar-refractivity contribution in [1.29, 1.82) is 0 Å². The van der Waals surface area contributed by atoms with E-state index in [0.717, 1.165) is 13.0 Å². The third-order valence-electron chi connectivity index (χ3n) is 3.27. The molecule has 1 atom stereocenters. The summed E-state index contributed by atoms with van der Waals surface area (Å²) in [4.78, 5) is 13.8. The van der Waals surface area contributed by atoms with Gasteiger partial charge in [-0.05, 0) is 32.7 Å². The van der Waals surface area contributed by atoms with E-state index in [0.29, 0.717) is 12.5 Å². The van der Waals surface area contributed by atoms with Gasteiger partial charge >= 0.3 is 0 Å². The summed E-state index contributed by atoms with van der Waals surface area (Å²) >= 11 is 0. The minimum absolute atomic E-state index is 0.0504. The van der Waals surface area contributed by atoms with Gasteiger partial charge in [0, 0.05) is 12.1 Å². The van der Waals surface area contributed by atoms with Crippen molar-refractivity contribution >= 4 is 5.91 Å². The third-order valence-corrected chi connectivity index (χ3v) is 3.27. The lowest BCUT2D eigenvalue weighted by atomic mass is 9.94. The molecule has 4 nitrogen and oxygen atoms in total. The van der Waals surface area contributed by atoms with Crippen molar-refractivity contribution in [3.8, 4) is 0 Å². The zero-order valence-electron chi connectivity index (χ0n) is 10.8. The molecule has 1 fully saturated rings. The fraction of sp³-hybridized carbons (Fsp3) is 0.917. The SMILES string of the molecule is CC(C)CCN1C(CO)C(=O)NCC1(C)C. The van der Waals surface area contributed by atoms with E-state index < -0.39 is 0 Å². The van der Waals surface area contributed by atoms with Crippen LogP contribution >= 0.6 is 0 Å². The van der Waals surface area contributed by atoms with Crippen molar-refractivity contribution in [2.75, 3.05) is 19.7 Å². The molecule has 1 amide bonds. The molecule has 94 valence electrons. The van der Waals surface area contributed by atoms with Gasteiger partial charge < -0.3 is 10.4 Å². The second-order valence-corrected chi connectivity index (χ2v) is 5.60. The number of hydrogen-bond donors (Lipinski definition) is 2. The minimum atomic E-state index is -0.387. The summed E-state index contributed by atoms with van der Waals surface area (Å²) in [6.07, 6.45) is 1.05. The molecule has 0 radical (unpaired) electrons. The van der Waals surface area contributed by atoms with Crippen molar-refractivity contribution in [3.05, 3.63) is 0 Å². The zero-order valence-corrected chi connectivity index (χ0v) is 10.8. The van der Waals surface area contributed by atoms with Crippen LogP contribution in [0.3, 0.4) is 0 Å². The molecule has 0 aromatic heterocycles. The molecule has 1 heterocycles. The molecule has 1 aliphatic rings. The van der Waals surface area contributed by atoms with E-state index in [1.54, 1.807) is 0 Å². The van der Waals surface area contributed by atoms with Crippen LogP contribution in [-0.4, -0.2) is 47.2 Å². The Kier molecular flexibility index (Phi) is 4.33. The highest BCUT2D eigenvalue weighted by atomic mass is 16.3. The number of nitrogens with one attached hydrogen (secondary N) is 1. The van der Waals surface area contributed by atoms with Gasteiger partial charge in [0.25, 0.3) is 0 Å². The van der Waals surface area contributed by atoms with Gasteiger partial charge in [-0.1, -0.05) is 13.8 Å². The summed E-state index contributed by atoms with van der Waals surface area (Å²) in [7, 11) is 0. The van der Waals surface area contributed by atoms with E-state index in [9.17, 15) is 9.90 Å². The minimum Gasteiger partial charge on any atom is -0.394 e. The number of aliphatic hydroxyl groups is 1. The molecule has 1 unspecified atom stereocenters. The number of nitrogens with zero attached hydrogens (tertiary/aromatic N) is 1. The molecule has 0 bridgehead atoms. The Bertz CT molecular complexity index is 251. The van der Waals surface area contributed by atoms with Gasteiger partial charge in [-0.15, -0.1) is 0 Å². The van der Waals surface area contributed by atoms with E-state index in [4.69, 9.17) is 0 Å². The lowest BCUT2D eigenvalue weighted by molar-refractivity contribution is -0.136. The Hall–Kier alpha value is -0.610. The van der Waals surface area contributed by atoms with E-state index in [2.05, 4.69) is 37.9 Å². The number of amides is 1. The standard InChI is InChI=1S/C12H24N2O2/c1-9(2)5-6-14-10(7-15)11(16)13-8-12(14,3)4/h9-10,15H,5-8H2,1-4H3,(H,13,16). The number of hydrogen-bond acceptors (Lipinski definition) is 3. The second kappa shape index (κ2) is 5.15. The maximum absolute atomic E-state index is 11.7. The average molecular weight is 228 g/mol. The monoisotopic (exact) mass is 228 g/mol. The van der Waals surface area contributed by atoms with Gasteiger partial charge in [0.1, 0.15) is 6.04 Å². The smallest absolute Gasteiger partial charge is 0.239 e. The van der Waals surface area contributed by atoms with Crippen LogP contribution < -0.4 is 5.32 Å². The summed E-state index contributed by atoms with van der Waals surface area (Å²) in [5.74, 6) is 0.561. The maximum Gasteiger partial charge on any atom is 0.239 e. The van der Waals surface area contributed by atoms with E-state index >= 15 is 0 Å². The van der Waals surface area contributed by atoms with Gasteiger partial charge in [0.05, 0.1) is 6.61 Å². The summed E-state index contributed by atoms with van der Waals surface area (Å²) < 4.78 is 0. The highest BCUT2D eigenvalue weighted by molar-refractivity contribution is 5.83. The lowest BCUT2D eigenvalue weighted by Crippen LogP contribution is -2.66. The Labute approximate surface area is 98.0 Å². The number of rotatable bonds is 4. The molecule has 0 spiro atoms. The van der Waals surface area contributed by atoms with E-state index in [-0.39, 0.29) is 24.1 Å². The molecule has 0 aromatic rings. The number of piperazine rings is 1. The largest absolute Gasteiger partial charge is 0.394 e. The lowest BCUT2D eigenvalue weighted by Gasteiger charge is -2.46. The molecule has 0 aliphatic carbocycles. The Morgan fingerprint density at radius 2 is 2.19 bits per heavy atom. The van der Waals surface area contributed by atoms with Gasteiger partial charge in [-0.25, -0.2) is 0 Å². The van der Waals surface area contributed by atoms with Crippen molar-refractivity contribution in [2.24, 2.45) is 5.92 Å². The highest BCUT2D eigenvalue weighted by Gasteiger charge is 2.40. The van der Waals surface area contributed by atoms with Crippen LogP contribution in [0.15, 0.2) is 0 Å². The first kappa shape index (κ1) is 13.5. The van der Waals surface area contributed by atoms with Crippen LogP contribution in [0.2, 0.25) is 0 Å². The summed E-state index contributed by atoms with van der Waals surface area (Å²) in [5, 5.41) is 12.2. The third kappa shape index (κ3) is 2.95. The molecule has 1 rings (SSSR count). The molecule has 1 aliphatic heterocycles. The zero-order chi connectivity index (χ0) is 12.3. The van der Waals surface area contributed by atoms with E-state index in [1.807, 2.05) is 0 Å². The van der Waals surface area contributed by atoms with Crippen molar-refractivity contribution in [3.63, 3.8) is 0 Å². The average Bonchev–Trinajstić information content (AvgIpc) is 2.19. The molecule has 0 saturated carbocycles. The number of aliphatic hydroxyl groups excluding tert-OH is 1. The fourth-order valence-electron chi connectivity index (χ4n) is 2.12. The summed E-state index contributed by atoms with van der Waals surface area (Å²) in [6, 6.07) is -0.387. The summed E-state index contributed by atoms with van der Waals surface area (Å²) in [5.41, 5.74) is -0.0732. The molecule has 16 heavy (non-hydrogen) atoms. The fourth-order valence-corrected chi connectivity index (χ4v) is 2.12. The molecule has 4 heteroatoms. The van der Waals surface area contributed by atoms with Crippen LogP contribution in [0.1, 0.15) is 34.1 Å². The normalized spacial score (nSPS) is 25.9. The van der Waals surface area contributed by atoms with E-state index in [1.165, 1.54) is 0 Å². The van der Waals surface area contributed by atoms with Gasteiger partial charge in [-0.3, -0.25) is 9.69 Å². The van der Waals surface area contributed by atoms with Gasteiger partial charge in [0.15, 0.2) is 0 Å². The van der Waals surface area contributed by atoms with Crippen LogP contribution in [0.5, 0.6) is 0 Å². The van der Waals surface area contributed by atoms with Crippen LogP contribution in [0.4, 0.5) is 0 Å². The quantitative estimate of drug-likeness (QED) is 0.741. The Morgan fingerprint density at radius 1 is 1.56 bits per heavy atom. The maximum atomic E-state index is 11.7. The van der Waals surface area contributed by atoms with Crippen molar-refractivity contribution in [1.82, 2.24) is 10.2 Å². The predicted molar refractivity (Wildman–Crippen MR) is 64.1 cm³/mol. The first-order chi connectivity index (χ1) is 7.38. The first-order valence-electron chi connectivity index (χ1n) is 6.04. The molecular formula is C12H24N2O2. The molecule has 1 saturated heterocycles. The summed E-state index contributed by atoms with van der Waals surface area (Å²) in [6.45, 7) is 9.97. The van der Waals surface area contributed by atoms with Gasteiger partial charge in [0.2, 0.25) is 5.91 Å². The topological polar surface area (TPSA) is 52.6 Å². The predicted octanol–water partition coefficient (Wildman–Crippen LogP) is 0.604. The van der Waals surface area contributed by atoms with Crippen molar-refractivity contribution < 1.29 is 9.90 Å². The van der Waals surface area contributed by atoms with Crippen LogP contribution in [-0.2, 0) is 4.79 Å². The molecule has 2 N–H and O–H groups in total. The number of carbonyl (C=O) groups excluding carboxylic acids is 1. The molecular weight excluding hydrogens is 204 g/mol. The second-order valence-electron chi connectivity index (χ2n) is 5.60. The Morgan fingerprint density at radius 3 is 2.69 bits per heavy atom. The van der Waals surface area contributed by atoms with Crippen molar-refractivity contribution in [2.45, 2.75) is 45.7 Å². The van der Waals surface area contributed by atoms with Crippen LogP contribution in [0, 0.1) is 5.92 Å². The van der Waals surface area contributed by atoms with Crippen LogP contribution in [0.25, 0.3) is 0 Å². The Balaban J connectivity index is 2.74. The number of carbonyl (C=O) groups is 1. The van der Waals surface area contributed by atoms with Gasteiger partial charge in [-0.2, -0.15) is 0 Å². The highest BCUT2D eigenvalue weighted by Crippen LogP contribution is 2.22.